The van der Waals surface area contributed by atoms with Crippen molar-refractivity contribution in [2.45, 2.75) is 13.8 Å². The van der Waals surface area contributed by atoms with Crippen LogP contribution < -0.4 is 0 Å². The Hall–Kier alpha value is -1.52. The molecule has 2 rings (SSSR count). The molecule has 92 valence electrons. The summed E-state index contributed by atoms with van der Waals surface area (Å²) in [6.07, 6.45) is 0. The van der Waals surface area contributed by atoms with Crippen LogP contribution in [0.5, 0.6) is 0 Å². The van der Waals surface area contributed by atoms with E-state index in [2.05, 4.69) is 20.2 Å². The number of nitrogens with zero attached hydrogens (tertiary/aromatic N) is 4. The molecule has 0 unspecified atom stereocenters. The van der Waals surface area contributed by atoms with Crippen LogP contribution in [0, 0.1) is 13.8 Å². The molecule has 0 saturated heterocycles. The summed E-state index contributed by atoms with van der Waals surface area (Å²) in [5.74, 6) is 0. The quantitative estimate of drug-likeness (QED) is 0.450. The number of benzene rings is 1. The molecule has 0 bridgehead atoms. The predicted octanol–water partition coefficient (Wildman–Crippen LogP) is 4.82. The van der Waals surface area contributed by atoms with E-state index in [9.17, 15) is 0 Å². The summed E-state index contributed by atoms with van der Waals surface area (Å²) in [6, 6.07) is 7.67. The molecular formula is C12H10Cl2N4. The van der Waals surface area contributed by atoms with E-state index < -0.39 is 0 Å². The second-order valence-electron chi connectivity index (χ2n) is 3.75. The zero-order chi connectivity index (χ0) is 13.1. The molecule has 1 aromatic carbocycles. The molecule has 2 aromatic rings. The average molecular weight is 281 g/mol. The number of rotatable bonds is 2. The molecule has 0 saturated carbocycles. The van der Waals surface area contributed by atoms with Crippen LogP contribution in [0.15, 0.2) is 34.5 Å². The van der Waals surface area contributed by atoms with E-state index in [1.807, 2.05) is 31.2 Å². The maximum atomic E-state index is 5.94. The minimum atomic E-state index is 0.104. The lowest BCUT2D eigenvalue weighted by molar-refractivity contribution is 1.07. The first kappa shape index (κ1) is 12.9. The minimum absolute atomic E-state index is 0.104. The van der Waals surface area contributed by atoms with Gasteiger partial charge in [0.25, 0.3) is 0 Å². The van der Waals surface area contributed by atoms with Gasteiger partial charge in [-0.05, 0) is 37.6 Å². The fraction of sp³-hybridized carbons (Fsp3) is 0.167. The van der Waals surface area contributed by atoms with Crippen molar-refractivity contribution in [2.24, 2.45) is 10.2 Å². The van der Waals surface area contributed by atoms with Gasteiger partial charge >= 0.3 is 0 Å². The van der Waals surface area contributed by atoms with Crippen molar-refractivity contribution >= 4 is 34.6 Å². The van der Waals surface area contributed by atoms with Gasteiger partial charge in [-0.1, -0.05) is 29.3 Å². The van der Waals surface area contributed by atoms with Gasteiger partial charge in [0.2, 0.25) is 5.28 Å². The third-order valence-electron chi connectivity index (χ3n) is 2.29. The van der Waals surface area contributed by atoms with Gasteiger partial charge in [0.1, 0.15) is 5.69 Å². The maximum absolute atomic E-state index is 5.94. The maximum Gasteiger partial charge on any atom is 0.224 e. The van der Waals surface area contributed by atoms with Gasteiger partial charge in [-0.25, -0.2) is 9.97 Å². The van der Waals surface area contributed by atoms with Crippen LogP contribution >= 0.6 is 23.2 Å². The number of hydrogen-bond donors (Lipinski definition) is 0. The number of hydrogen-bond acceptors (Lipinski definition) is 4. The molecule has 0 spiro atoms. The van der Waals surface area contributed by atoms with Crippen LogP contribution in [0.1, 0.15) is 11.3 Å². The summed E-state index contributed by atoms with van der Waals surface area (Å²) < 4.78 is 0. The lowest BCUT2D eigenvalue weighted by Gasteiger charge is -2.00. The van der Waals surface area contributed by atoms with E-state index in [-0.39, 0.29) is 10.4 Å². The fourth-order valence-electron chi connectivity index (χ4n) is 1.33. The summed E-state index contributed by atoms with van der Waals surface area (Å²) in [5.41, 5.74) is 2.93. The molecule has 18 heavy (non-hydrogen) atoms. The van der Waals surface area contributed by atoms with Crippen molar-refractivity contribution in [3.8, 4) is 0 Å². The van der Waals surface area contributed by atoms with E-state index in [1.165, 1.54) is 0 Å². The Balaban J connectivity index is 2.31. The highest BCUT2D eigenvalue weighted by Crippen LogP contribution is 2.28. The van der Waals surface area contributed by atoms with Crippen LogP contribution in [-0.2, 0) is 0 Å². The first-order chi connectivity index (χ1) is 8.56. The second-order valence-corrected chi connectivity index (χ2v) is 4.45. The molecule has 1 heterocycles. The number of aromatic nitrogens is 2. The highest BCUT2D eigenvalue weighted by Gasteiger charge is 2.08. The summed E-state index contributed by atoms with van der Waals surface area (Å²) in [7, 11) is 0. The Morgan fingerprint density at radius 1 is 0.944 bits per heavy atom. The van der Waals surface area contributed by atoms with Crippen molar-refractivity contribution in [3.05, 3.63) is 46.0 Å². The van der Waals surface area contributed by atoms with Crippen molar-refractivity contribution in [1.82, 2.24) is 9.97 Å². The van der Waals surface area contributed by atoms with E-state index in [1.54, 1.807) is 6.92 Å². The van der Waals surface area contributed by atoms with Crippen LogP contribution in [0.2, 0.25) is 10.4 Å². The van der Waals surface area contributed by atoms with Gasteiger partial charge in [0.15, 0.2) is 5.15 Å². The molecular weight excluding hydrogens is 271 g/mol. The van der Waals surface area contributed by atoms with Crippen molar-refractivity contribution in [1.29, 1.82) is 0 Å². The molecule has 0 atom stereocenters. The largest absolute Gasteiger partial charge is 0.224 e. The standard InChI is InChI=1S/C12H10Cl2N4/c1-7-3-5-9(6-4-7)17-18-10-8(2)15-12(14)16-11(10)13/h3-6H,1-2H3. The highest BCUT2D eigenvalue weighted by atomic mass is 35.5. The summed E-state index contributed by atoms with van der Waals surface area (Å²) in [5, 5.41) is 8.44. The molecule has 0 N–H and O–H groups in total. The van der Waals surface area contributed by atoms with Gasteiger partial charge in [-0.2, -0.15) is 5.11 Å². The Kier molecular flexibility index (Phi) is 3.89. The molecule has 6 heteroatoms. The molecule has 0 aliphatic carbocycles. The van der Waals surface area contributed by atoms with Gasteiger partial charge < -0.3 is 0 Å². The SMILES string of the molecule is Cc1ccc(N=Nc2c(C)nc(Cl)nc2Cl)cc1. The molecule has 4 nitrogen and oxygen atoms in total. The summed E-state index contributed by atoms with van der Waals surface area (Å²) >= 11 is 11.6. The number of azo groups is 1. The molecule has 0 aliphatic rings. The van der Waals surface area contributed by atoms with E-state index in [0.29, 0.717) is 11.4 Å². The topological polar surface area (TPSA) is 50.5 Å². The Morgan fingerprint density at radius 3 is 2.22 bits per heavy atom. The second kappa shape index (κ2) is 5.42. The van der Waals surface area contributed by atoms with Crippen LogP contribution in [0.3, 0.4) is 0 Å². The van der Waals surface area contributed by atoms with Crippen LogP contribution in [-0.4, -0.2) is 9.97 Å². The molecule has 0 radical (unpaired) electrons. The summed E-state index contributed by atoms with van der Waals surface area (Å²) in [6.45, 7) is 3.76. The Morgan fingerprint density at radius 2 is 1.61 bits per heavy atom. The van der Waals surface area contributed by atoms with E-state index >= 15 is 0 Å². The predicted molar refractivity (Wildman–Crippen MR) is 72.1 cm³/mol. The van der Waals surface area contributed by atoms with Crippen molar-refractivity contribution in [2.75, 3.05) is 0 Å². The van der Waals surface area contributed by atoms with Crippen LogP contribution in [0.25, 0.3) is 0 Å². The van der Waals surface area contributed by atoms with E-state index in [0.717, 1.165) is 11.3 Å². The van der Waals surface area contributed by atoms with Gasteiger partial charge in [-0.3, -0.25) is 0 Å². The van der Waals surface area contributed by atoms with Crippen molar-refractivity contribution in [3.63, 3.8) is 0 Å². The zero-order valence-corrected chi connectivity index (χ0v) is 11.4. The minimum Gasteiger partial charge on any atom is -0.221 e. The zero-order valence-electron chi connectivity index (χ0n) is 9.85. The third-order valence-corrected chi connectivity index (χ3v) is 2.72. The van der Waals surface area contributed by atoms with Gasteiger partial charge in [0, 0.05) is 0 Å². The lowest BCUT2D eigenvalue weighted by atomic mass is 10.2. The molecule has 0 amide bonds. The lowest BCUT2D eigenvalue weighted by Crippen LogP contribution is -1.88. The molecule has 0 fully saturated rings. The normalized spacial score (nSPS) is 11.1. The number of halogens is 2. The van der Waals surface area contributed by atoms with Gasteiger partial charge in [0.05, 0.1) is 11.4 Å². The monoisotopic (exact) mass is 280 g/mol. The van der Waals surface area contributed by atoms with E-state index in [4.69, 9.17) is 23.2 Å². The summed E-state index contributed by atoms with van der Waals surface area (Å²) in [4.78, 5) is 7.80. The molecule has 0 aliphatic heterocycles. The van der Waals surface area contributed by atoms with Crippen LogP contribution in [0.4, 0.5) is 11.4 Å². The first-order valence-corrected chi connectivity index (χ1v) is 6.00. The highest BCUT2D eigenvalue weighted by molar-refractivity contribution is 6.33. The van der Waals surface area contributed by atoms with Crippen molar-refractivity contribution < 1.29 is 0 Å². The Bertz CT molecular complexity index is 571. The first-order valence-electron chi connectivity index (χ1n) is 5.24. The average Bonchev–Trinajstić information content (AvgIpc) is 2.30. The smallest absolute Gasteiger partial charge is 0.221 e. The van der Waals surface area contributed by atoms with Gasteiger partial charge in [-0.15, -0.1) is 5.11 Å². The number of aryl methyl sites for hydroxylation is 2. The molecule has 1 aromatic heterocycles. The fourth-order valence-corrected chi connectivity index (χ4v) is 1.84. The third kappa shape index (κ3) is 3.03. The Labute approximate surface area is 115 Å².